The van der Waals surface area contributed by atoms with E-state index in [1.165, 1.54) is 0 Å². The van der Waals surface area contributed by atoms with Gasteiger partial charge in [0.05, 0.1) is 17.0 Å². The Hall–Kier alpha value is -1.77. The highest BCUT2D eigenvalue weighted by molar-refractivity contribution is 6.32. The summed E-state index contributed by atoms with van der Waals surface area (Å²) in [5, 5.41) is 15.8. The predicted octanol–water partition coefficient (Wildman–Crippen LogP) is 3.33. The zero-order chi connectivity index (χ0) is 17.5. The molecule has 0 fully saturated rings. The summed E-state index contributed by atoms with van der Waals surface area (Å²) in [6.07, 6.45) is 0.238. The number of rotatable bonds is 7. The summed E-state index contributed by atoms with van der Waals surface area (Å²) in [5.74, 6) is -0.257. The van der Waals surface area contributed by atoms with Gasteiger partial charge in [0.15, 0.2) is 0 Å². The molecule has 126 valence electrons. The SMILES string of the molecule is CCNCC(CC(=O)OC(C)(C)C)Nc1ccc(C#N)c(Cl)c1. The number of anilines is 1. The molecule has 0 spiro atoms. The van der Waals surface area contributed by atoms with Crippen molar-refractivity contribution < 1.29 is 9.53 Å². The van der Waals surface area contributed by atoms with Gasteiger partial charge in [-0.25, -0.2) is 0 Å². The Kier molecular flexibility index (Phi) is 7.34. The van der Waals surface area contributed by atoms with Crippen molar-refractivity contribution in [1.82, 2.24) is 5.32 Å². The van der Waals surface area contributed by atoms with Crippen molar-refractivity contribution in [2.75, 3.05) is 18.4 Å². The van der Waals surface area contributed by atoms with E-state index in [-0.39, 0.29) is 18.4 Å². The number of hydrogen-bond acceptors (Lipinski definition) is 5. The predicted molar refractivity (Wildman–Crippen MR) is 92.6 cm³/mol. The highest BCUT2D eigenvalue weighted by atomic mass is 35.5. The number of halogens is 1. The lowest BCUT2D eigenvalue weighted by Crippen LogP contribution is -2.36. The second-order valence-electron chi connectivity index (χ2n) is 6.25. The van der Waals surface area contributed by atoms with E-state index < -0.39 is 5.60 Å². The molecule has 1 rings (SSSR count). The molecule has 2 N–H and O–H groups in total. The first-order valence-corrected chi connectivity index (χ1v) is 8.01. The van der Waals surface area contributed by atoms with Crippen LogP contribution in [0.4, 0.5) is 5.69 Å². The third kappa shape index (κ3) is 7.36. The van der Waals surface area contributed by atoms with Crippen molar-refractivity contribution in [3.05, 3.63) is 28.8 Å². The van der Waals surface area contributed by atoms with Crippen molar-refractivity contribution >= 4 is 23.3 Å². The number of hydrogen-bond donors (Lipinski definition) is 2. The summed E-state index contributed by atoms with van der Waals surface area (Å²) in [7, 11) is 0. The third-order valence-electron chi connectivity index (χ3n) is 2.93. The van der Waals surface area contributed by atoms with Gasteiger partial charge < -0.3 is 15.4 Å². The maximum absolute atomic E-state index is 12.0. The van der Waals surface area contributed by atoms with Crippen LogP contribution >= 0.6 is 11.6 Å². The lowest BCUT2D eigenvalue weighted by atomic mass is 10.1. The smallest absolute Gasteiger partial charge is 0.308 e. The monoisotopic (exact) mass is 337 g/mol. The minimum absolute atomic E-state index is 0.131. The van der Waals surface area contributed by atoms with Crippen LogP contribution < -0.4 is 10.6 Å². The summed E-state index contributed by atoms with van der Waals surface area (Å²) in [5.41, 5.74) is 0.686. The zero-order valence-electron chi connectivity index (χ0n) is 14.1. The van der Waals surface area contributed by atoms with Crippen molar-refractivity contribution in [3.8, 4) is 6.07 Å². The summed E-state index contributed by atoms with van der Waals surface area (Å²) < 4.78 is 5.37. The van der Waals surface area contributed by atoms with E-state index in [1.54, 1.807) is 18.2 Å². The molecule has 1 aromatic carbocycles. The van der Waals surface area contributed by atoms with Gasteiger partial charge in [0.1, 0.15) is 11.7 Å². The molecule has 0 aliphatic heterocycles. The molecule has 0 heterocycles. The highest BCUT2D eigenvalue weighted by Gasteiger charge is 2.20. The Labute approximate surface area is 143 Å². The van der Waals surface area contributed by atoms with E-state index >= 15 is 0 Å². The van der Waals surface area contributed by atoms with Crippen LogP contribution in [0.15, 0.2) is 18.2 Å². The van der Waals surface area contributed by atoms with Gasteiger partial charge in [-0.2, -0.15) is 5.26 Å². The van der Waals surface area contributed by atoms with Gasteiger partial charge in [-0.3, -0.25) is 4.79 Å². The molecule has 1 unspecified atom stereocenters. The van der Waals surface area contributed by atoms with Crippen molar-refractivity contribution in [3.63, 3.8) is 0 Å². The van der Waals surface area contributed by atoms with E-state index in [2.05, 4.69) is 10.6 Å². The Balaban J connectivity index is 2.76. The number of esters is 1. The Morgan fingerprint density at radius 1 is 1.43 bits per heavy atom. The first kappa shape index (κ1) is 19.3. The van der Waals surface area contributed by atoms with E-state index in [0.717, 1.165) is 12.2 Å². The number of carbonyl (C=O) groups excluding carboxylic acids is 1. The molecule has 0 aliphatic carbocycles. The fourth-order valence-electron chi connectivity index (χ4n) is 2.01. The normalized spacial score (nSPS) is 12.3. The van der Waals surface area contributed by atoms with Crippen LogP contribution in [0.1, 0.15) is 39.7 Å². The molecule has 0 saturated carbocycles. The lowest BCUT2D eigenvalue weighted by Gasteiger charge is -2.24. The maximum atomic E-state index is 12.0. The number of likely N-dealkylation sites (N-methyl/N-ethyl adjacent to an activating group) is 1. The minimum Gasteiger partial charge on any atom is -0.460 e. The summed E-state index contributed by atoms with van der Waals surface area (Å²) in [4.78, 5) is 12.0. The molecule has 0 aromatic heterocycles. The average Bonchev–Trinajstić information content (AvgIpc) is 2.43. The number of carbonyl (C=O) groups is 1. The van der Waals surface area contributed by atoms with Crippen molar-refractivity contribution in [2.45, 2.75) is 45.8 Å². The fourth-order valence-corrected chi connectivity index (χ4v) is 2.23. The number of nitrogens with one attached hydrogen (secondary N) is 2. The van der Waals surface area contributed by atoms with E-state index in [9.17, 15) is 4.79 Å². The van der Waals surface area contributed by atoms with Gasteiger partial charge in [-0.1, -0.05) is 18.5 Å². The van der Waals surface area contributed by atoms with Gasteiger partial charge in [-0.05, 0) is 45.5 Å². The number of ether oxygens (including phenoxy) is 1. The molecule has 1 aromatic rings. The second-order valence-corrected chi connectivity index (χ2v) is 6.65. The number of nitrogens with zero attached hydrogens (tertiary/aromatic N) is 1. The van der Waals surface area contributed by atoms with Crippen molar-refractivity contribution in [2.24, 2.45) is 0 Å². The molecular formula is C17H24ClN3O2. The van der Waals surface area contributed by atoms with E-state index in [4.69, 9.17) is 21.6 Å². The molecular weight excluding hydrogens is 314 g/mol. The summed E-state index contributed by atoms with van der Waals surface area (Å²) >= 11 is 6.04. The quantitative estimate of drug-likeness (QED) is 0.746. The fraction of sp³-hybridized carbons (Fsp3) is 0.529. The largest absolute Gasteiger partial charge is 0.460 e. The van der Waals surface area contributed by atoms with Crippen molar-refractivity contribution in [1.29, 1.82) is 5.26 Å². The van der Waals surface area contributed by atoms with Gasteiger partial charge in [0, 0.05) is 18.3 Å². The summed E-state index contributed by atoms with van der Waals surface area (Å²) in [6, 6.07) is 7.01. The van der Waals surface area contributed by atoms with Crippen LogP contribution in [0.2, 0.25) is 5.02 Å². The molecule has 0 aliphatic rings. The molecule has 23 heavy (non-hydrogen) atoms. The molecule has 5 nitrogen and oxygen atoms in total. The van der Waals surface area contributed by atoms with Gasteiger partial charge in [0.2, 0.25) is 0 Å². The molecule has 1 atom stereocenters. The van der Waals surface area contributed by atoms with Gasteiger partial charge in [-0.15, -0.1) is 0 Å². The average molecular weight is 338 g/mol. The lowest BCUT2D eigenvalue weighted by molar-refractivity contribution is -0.155. The Morgan fingerprint density at radius 3 is 2.65 bits per heavy atom. The molecule has 6 heteroatoms. The second kappa shape index (κ2) is 8.76. The van der Waals surface area contributed by atoms with Crippen LogP contribution in [-0.4, -0.2) is 30.7 Å². The first-order chi connectivity index (χ1) is 10.7. The molecule has 0 amide bonds. The Morgan fingerprint density at radius 2 is 2.13 bits per heavy atom. The zero-order valence-corrected chi connectivity index (χ0v) is 14.8. The summed E-state index contributed by atoms with van der Waals surface area (Å²) in [6.45, 7) is 8.96. The highest BCUT2D eigenvalue weighted by Crippen LogP contribution is 2.21. The standard InChI is InChI=1S/C17H24ClN3O2/c1-5-20-11-14(9-16(22)23-17(2,3)4)21-13-7-6-12(10-19)15(18)8-13/h6-8,14,20-21H,5,9,11H2,1-4H3. The third-order valence-corrected chi connectivity index (χ3v) is 3.25. The van der Waals surface area contributed by atoms with Crippen LogP contribution in [0.5, 0.6) is 0 Å². The Bertz CT molecular complexity index is 576. The maximum Gasteiger partial charge on any atom is 0.308 e. The van der Waals surface area contributed by atoms with E-state index in [1.807, 2.05) is 33.8 Å². The first-order valence-electron chi connectivity index (χ1n) is 7.64. The van der Waals surface area contributed by atoms with Crippen LogP contribution in [0.3, 0.4) is 0 Å². The molecule has 0 radical (unpaired) electrons. The molecule has 0 saturated heterocycles. The topological polar surface area (TPSA) is 74.2 Å². The van der Waals surface area contributed by atoms with Crippen LogP contribution in [0.25, 0.3) is 0 Å². The van der Waals surface area contributed by atoms with Gasteiger partial charge in [0.25, 0.3) is 0 Å². The van der Waals surface area contributed by atoms with E-state index in [0.29, 0.717) is 17.1 Å². The minimum atomic E-state index is -0.502. The number of benzene rings is 1. The number of nitriles is 1. The van der Waals surface area contributed by atoms with Crippen LogP contribution in [-0.2, 0) is 9.53 Å². The van der Waals surface area contributed by atoms with Crippen LogP contribution in [0, 0.1) is 11.3 Å². The van der Waals surface area contributed by atoms with Gasteiger partial charge >= 0.3 is 5.97 Å². The molecule has 0 bridgehead atoms.